The van der Waals surface area contributed by atoms with Crippen LogP contribution in [-0.4, -0.2) is 74.0 Å². The third kappa shape index (κ3) is 6.52. The molecule has 0 atom stereocenters. The molecule has 2 aromatic rings. The van der Waals surface area contributed by atoms with E-state index in [1.54, 1.807) is 12.4 Å². The van der Waals surface area contributed by atoms with Gasteiger partial charge in [0, 0.05) is 57.6 Å². The minimum atomic E-state index is -3.84. The monoisotopic (exact) mass is 490 g/mol. The number of piperidine rings is 2. The quantitative estimate of drug-likeness (QED) is 0.611. The molecule has 0 radical (unpaired) electrons. The van der Waals surface area contributed by atoms with Crippen LogP contribution in [0, 0.1) is 5.82 Å². The zero-order valence-corrected chi connectivity index (χ0v) is 19.9. The summed E-state index contributed by atoms with van der Waals surface area (Å²) in [5.74, 6) is 0.177. The van der Waals surface area contributed by atoms with Gasteiger partial charge in [-0.25, -0.2) is 17.5 Å². The van der Waals surface area contributed by atoms with E-state index >= 15 is 0 Å². The first kappa shape index (κ1) is 24.6. The molecule has 3 heterocycles. The van der Waals surface area contributed by atoms with Gasteiger partial charge in [-0.1, -0.05) is 6.07 Å². The largest absolute Gasteiger partial charge is 0.490 e. The van der Waals surface area contributed by atoms with Crippen molar-refractivity contribution in [1.29, 1.82) is 0 Å². The van der Waals surface area contributed by atoms with Gasteiger partial charge in [-0.15, -0.1) is 0 Å². The molecule has 2 saturated heterocycles. The summed E-state index contributed by atoms with van der Waals surface area (Å²) in [6, 6.07) is 9.03. The number of sulfonamides is 1. The Hall–Kier alpha value is -2.56. The van der Waals surface area contributed by atoms with Crippen molar-refractivity contribution in [3.05, 3.63) is 54.6 Å². The van der Waals surface area contributed by atoms with E-state index in [1.165, 1.54) is 18.2 Å². The molecular formula is C24H31FN4O4S. The van der Waals surface area contributed by atoms with Gasteiger partial charge in [0.1, 0.15) is 17.7 Å². The van der Waals surface area contributed by atoms with Gasteiger partial charge < -0.3 is 9.64 Å². The molecule has 34 heavy (non-hydrogen) atoms. The van der Waals surface area contributed by atoms with Gasteiger partial charge >= 0.3 is 0 Å². The maximum atomic E-state index is 13.3. The number of rotatable bonds is 8. The van der Waals surface area contributed by atoms with Crippen LogP contribution in [0.3, 0.4) is 0 Å². The number of likely N-dealkylation sites (tertiary alicyclic amines) is 2. The van der Waals surface area contributed by atoms with Gasteiger partial charge in [-0.05, 0) is 56.0 Å². The first-order chi connectivity index (χ1) is 16.4. The second-order valence-corrected chi connectivity index (χ2v) is 10.5. The lowest BCUT2D eigenvalue weighted by Crippen LogP contribution is -2.50. The number of pyridine rings is 1. The number of halogens is 1. The average Bonchev–Trinajstić information content (AvgIpc) is 2.85. The van der Waals surface area contributed by atoms with Crippen LogP contribution in [0.1, 0.15) is 32.1 Å². The topological polar surface area (TPSA) is 91.8 Å². The van der Waals surface area contributed by atoms with Gasteiger partial charge in [0.05, 0.1) is 4.90 Å². The molecule has 0 aliphatic carbocycles. The summed E-state index contributed by atoms with van der Waals surface area (Å²) in [5.41, 5.74) is 0. The number of nitrogens with one attached hydrogen (secondary N) is 1. The Bertz CT molecular complexity index is 1050. The van der Waals surface area contributed by atoms with Crippen LogP contribution in [0.5, 0.6) is 5.75 Å². The highest BCUT2D eigenvalue weighted by molar-refractivity contribution is 7.89. The zero-order valence-electron chi connectivity index (χ0n) is 19.1. The third-order valence-electron chi connectivity index (χ3n) is 6.50. The van der Waals surface area contributed by atoms with Crippen LogP contribution < -0.4 is 9.46 Å². The highest BCUT2D eigenvalue weighted by Gasteiger charge is 2.30. The Labute approximate surface area is 200 Å². The van der Waals surface area contributed by atoms with Crippen molar-refractivity contribution in [2.24, 2.45) is 0 Å². The lowest BCUT2D eigenvalue weighted by atomic mass is 9.98. The molecule has 10 heteroatoms. The third-order valence-corrected chi connectivity index (χ3v) is 7.96. The standard InChI is InChI=1S/C24H31FN4O4S/c25-19-2-1-3-23(18-19)34(31,32)27-13-6-24(30)29-14-7-20(8-15-29)28-16-9-22(10-17-28)33-21-4-11-26-12-5-21/h1-5,11-12,18,20,22,27H,6-10,13-17H2. The van der Waals surface area contributed by atoms with Crippen molar-refractivity contribution in [2.45, 2.75) is 49.1 Å². The van der Waals surface area contributed by atoms with E-state index in [0.29, 0.717) is 19.1 Å². The Kier molecular flexibility index (Phi) is 8.12. The van der Waals surface area contributed by atoms with Crippen LogP contribution in [0.25, 0.3) is 0 Å². The highest BCUT2D eigenvalue weighted by Crippen LogP contribution is 2.24. The van der Waals surface area contributed by atoms with E-state index in [2.05, 4.69) is 14.6 Å². The number of carbonyl (C=O) groups excluding carboxylic acids is 1. The zero-order chi connectivity index (χ0) is 24.0. The lowest BCUT2D eigenvalue weighted by molar-refractivity contribution is -0.132. The van der Waals surface area contributed by atoms with E-state index in [9.17, 15) is 17.6 Å². The second-order valence-electron chi connectivity index (χ2n) is 8.75. The number of aromatic nitrogens is 1. The Morgan fingerprint density at radius 2 is 1.76 bits per heavy atom. The number of hydrogen-bond acceptors (Lipinski definition) is 6. The number of carbonyl (C=O) groups is 1. The summed E-state index contributed by atoms with van der Waals surface area (Å²) >= 11 is 0. The summed E-state index contributed by atoms with van der Waals surface area (Å²) in [7, 11) is -3.84. The Morgan fingerprint density at radius 1 is 1.06 bits per heavy atom. The molecule has 0 unspecified atom stereocenters. The van der Waals surface area contributed by atoms with E-state index < -0.39 is 15.8 Å². The molecule has 2 aliphatic heterocycles. The maximum Gasteiger partial charge on any atom is 0.240 e. The maximum absolute atomic E-state index is 13.3. The van der Waals surface area contributed by atoms with Crippen molar-refractivity contribution in [3.63, 3.8) is 0 Å². The van der Waals surface area contributed by atoms with Gasteiger partial charge in [0.2, 0.25) is 15.9 Å². The summed E-state index contributed by atoms with van der Waals surface area (Å²) in [6.07, 6.45) is 7.55. The molecule has 8 nitrogen and oxygen atoms in total. The predicted molar refractivity (Wildman–Crippen MR) is 125 cm³/mol. The summed E-state index contributed by atoms with van der Waals surface area (Å²) in [5, 5.41) is 0. The highest BCUT2D eigenvalue weighted by atomic mass is 32.2. The van der Waals surface area contributed by atoms with Crippen LogP contribution in [0.4, 0.5) is 4.39 Å². The molecule has 2 fully saturated rings. The van der Waals surface area contributed by atoms with Crippen molar-refractivity contribution in [3.8, 4) is 5.75 Å². The second kappa shape index (κ2) is 11.2. The molecule has 0 bridgehead atoms. The molecule has 2 aliphatic rings. The molecule has 1 amide bonds. The van der Waals surface area contributed by atoms with Crippen LogP contribution in [-0.2, 0) is 14.8 Å². The molecule has 0 saturated carbocycles. The molecule has 0 spiro atoms. The van der Waals surface area contributed by atoms with E-state index in [0.717, 1.165) is 50.6 Å². The molecular weight excluding hydrogens is 459 g/mol. The first-order valence-electron chi connectivity index (χ1n) is 11.7. The number of amides is 1. The number of ether oxygens (including phenoxy) is 1. The Morgan fingerprint density at radius 3 is 2.44 bits per heavy atom. The lowest BCUT2D eigenvalue weighted by Gasteiger charge is -2.41. The molecule has 184 valence electrons. The average molecular weight is 491 g/mol. The van der Waals surface area contributed by atoms with E-state index in [-0.39, 0.29) is 29.9 Å². The van der Waals surface area contributed by atoms with E-state index in [1.807, 2.05) is 17.0 Å². The van der Waals surface area contributed by atoms with Gasteiger partial charge in [0.25, 0.3) is 0 Å². The fourth-order valence-corrected chi connectivity index (χ4v) is 5.68. The number of hydrogen-bond donors (Lipinski definition) is 1. The van der Waals surface area contributed by atoms with Crippen molar-refractivity contribution >= 4 is 15.9 Å². The normalized spacial score (nSPS) is 18.7. The van der Waals surface area contributed by atoms with E-state index in [4.69, 9.17) is 4.74 Å². The van der Waals surface area contributed by atoms with Crippen molar-refractivity contribution in [2.75, 3.05) is 32.7 Å². The fourth-order valence-electron chi connectivity index (χ4n) is 4.62. The minimum Gasteiger partial charge on any atom is -0.490 e. The molecule has 1 N–H and O–H groups in total. The molecule has 4 rings (SSSR count). The number of benzene rings is 1. The molecule has 1 aromatic carbocycles. The van der Waals surface area contributed by atoms with Gasteiger partial charge in [0.15, 0.2) is 0 Å². The van der Waals surface area contributed by atoms with Crippen LogP contribution in [0.15, 0.2) is 53.7 Å². The van der Waals surface area contributed by atoms with Crippen molar-refractivity contribution in [1.82, 2.24) is 19.5 Å². The van der Waals surface area contributed by atoms with Crippen LogP contribution >= 0.6 is 0 Å². The number of nitrogens with zero attached hydrogens (tertiary/aromatic N) is 3. The van der Waals surface area contributed by atoms with Gasteiger partial charge in [-0.2, -0.15) is 0 Å². The summed E-state index contributed by atoms with van der Waals surface area (Å²) < 4.78 is 46.3. The molecule has 1 aromatic heterocycles. The summed E-state index contributed by atoms with van der Waals surface area (Å²) in [6.45, 7) is 3.30. The van der Waals surface area contributed by atoms with Crippen molar-refractivity contribution < 1.29 is 22.3 Å². The first-order valence-corrected chi connectivity index (χ1v) is 13.2. The predicted octanol–water partition coefficient (Wildman–Crippen LogP) is 2.42. The minimum absolute atomic E-state index is 0.0113. The fraction of sp³-hybridized carbons (Fsp3) is 0.500. The van der Waals surface area contributed by atoms with Crippen LogP contribution in [0.2, 0.25) is 0 Å². The SMILES string of the molecule is O=C(CCNS(=O)(=O)c1cccc(F)c1)N1CCC(N2CCC(Oc3ccncc3)CC2)CC1. The Balaban J connectivity index is 1.16. The smallest absolute Gasteiger partial charge is 0.240 e. The van der Waals surface area contributed by atoms with Gasteiger partial charge in [-0.3, -0.25) is 14.7 Å². The summed E-state index contributed by atoms with van der Waals surface area (Å²) in [4.78, 5) is 20.8.